The summed E-state index contributed by atoms with van der Waals surface area (Å²) in [5, 5.41) is 6.82. The lowest BCUT2D eigenvalue weighted by Gasteiger charge is -2.28. The number of fused-ring (bicyclic) bond motifs is 1. The standard InChI is InChI=1S/C17H22N2OS/c1-20-14-6-3-12-9-10-18-17(16(12)11-14)19-13-4-7-15(21-2)8-5-13/h3,6,9-11,13,15H,4-5,7-8H2,1-2H3,(H,18,19). The van der Waals surface area contributed by atoms with Crippen LogP contribution in [0, 0.1) is 0 Å². The summed E-state index contributed by atoms with van der Waals surface area (Å²) in [4.78, 5) is 4.54. The summed E-state index contributed by atoms with van der Waals surface area (Å²) in [5.41, 5.74) is 0. The number of hydrogen-bond donors (Lipinski definition) is 1. The van der Waals surface area contributed by atoms with Crippen molar-refractivity contribution in [3.05, 3.63) is 30.5 Å². The van der Waals surface area contributed by atoms with Gasteiger partial charge in [-0.05, 0) is 55.5 Å². The van der Waals surface area contributed by atoms with Gasteiger partial charge in [0.1, 0.15) is 11.6 Å². The van der Waals surface area contributed by atoms with Crippen LogP contribution in [0.4, 0.5) is 5.82 Å². The van der Waals surface area contributed by atoms with Crippen LogP contribution in [-0.2, 0) is 0 Å². The van der Waals surface area contributed by atoms with Crippen molar-refractivity contribution in [3.63, 3.8) is 0 Å². The lowest BCUT2D eigenvalue weighted by atomic mass is 9.95. The van der Waals surface area contributed by atoms with Crippen molar-refractivity contribution in [3.8, 4) is 5.75 Å². The molecule has 1 fully saturated rings. The Balaban J connectivity index is 1.80. The van der Waals surface area contributed by atoms with Gasteiger partial charge in [-0.3, -0.25) is 0 Å². The van der Waals surface area contributed by atoms with Crippen molar-refractivity contribution in [2.45, 2.75) is 37.0 Å². The molecule has 0 spiro atoms. The van der Waals surface area contributed by atoms with E-state index in [1.807, 2.05) is 30.1 Å². The van der Waals surface area contributed by atoms with Gasteiger partial charge in [-0.25, -0.2) is 4.98 Å². The molecular weight excluding hydrogens is 280 g/mol. The zero-order valence-corrected chi connectivity index (χ0v) is 13.5. The van der Waals surface area contributed by atoms with Gasteiger partial charge in [0.05, 0.1) is 7.11 Å². The number of nitrogens with zero attached hydrogens (tertiary/aromatic N) is 1. The second-order valence-electron chi connectivity index (χ2n) is 5.60. The van der Waals surface area contributed by atoms with Crippen LogP contribution in [-0.4, -0.2) is 29.6 Å². The number of rotatable bonds is 4. The van der Waals surface area contributed by atoms with Crippen LogP contribution < -0.4 is 10.1 Å². The first kappa shape index (κ1) is 14.5. The Morgan fingerprint density at radius 3 is 2.71 bits per heavy atom. The largest absolute Gasteiger partial charge is 0.497 e. The minimum atomic E-state index is 0.540. The number of ether oxygens (including phenoxy) is 1. The van der Waals surface area contributed by atoms with Crippen LogP contribution >= 0.6 is 11.8 Å². The Hall–Kier alpha value is -1.42. The van der Waals surface area contributed by atoms with E-state index in [2.05, 4.69) is 28.7 Å². The molecule has 21 heavy (non-hydrogen) atoms. The highest BCUT2D eigenvalue weighted by molar-refractivity contribution is 7.99. The van der Waals surface area contributed by atoms with E-state index in [1.165, 1.54) is 31.1 Å². The smallest absolute Gasteiger partial charge is 0.134 e. The number of anilines is 1. The molecule has 0 radical (unpaired) electrons. The molecule has 0 unspecified atom stereocenters. The average molecular weight is 302 g/mol. The van der Waals surface area contributed by atoms with Crippen molar-refractivity contribution in [2.24, 2.45) is 0 Å². The summed E-state index contributed by atoms with van der Waals surface area (Å²) in [6, 6.07) is 8.74. The van der Waals surface area contributed by atoms with Gasteiger partial charge in [-0.1, -0.05) is 6.07 Å². The summed E-state index contributed by atoms with van der Waals surface area (Å²) in [6.07, 6.45) is 9.16. The summed E-state index contributed by atoms with van der Waals surface area (Å²) < 4.78 is 5.34. The third-order valence-electron chi connectivity index (χ3n) is 4.32. The molecule has 1 heterocycles. The molecule has 0 bridgehead atoms. The minimum Gasteiger partial charge on any atom is -0.497 e. The maximum atomic E-state index is 5.34. The molecule has 0 amide bonds. The Morgan fingerprint density at radius 1 is 1.19 bits per heavy atom. The van der Waals surface area contributed by atoms with E-state index in [0.29, 0.717) is 6.04 Å². The monoisotopic (exact) mass is 302 g/mol. The SMILES string of the molecule is COc1ccc2ccnc(NC3CCC(SC)CC3)c2c1. The fraction of sp³-hybridized carbons (Fsp3) is 0.471. The maximum absolute atomic E-state index is 5.34. The first-order valence-corrected chi connectivity index (χ1v) is 8.81. The van der Waals surface area contributed by atoms with E-state index in [9.17, 15) is 0 Å². The van der Waals surface area contributed by atoms with E-state index in [0.717, 1.165) is 22.2 Å². The van der Waals surface area contributed by atoms with Crippen LogP contribution in [0.25, 0.3) is 10.8 Å². The number of pyridine rings is 1. The van der Waals surface area contributed by atoms with Crippen molar-refractivity contribution in [1.82, 2.24) is 4.98 Å². The molecule has 3 rings (SSSR count). The van der Waals surface area contributed by atoms with Crippen molar-refractivity contribution in [2.75, 3.05) is 18.7 Å². The number of methoxy groups -OCH3 is 1. The maximum Gasteiger partial charge on any atom is 0.134 e. The second-order valence-corrected chi connectivity index (χ2v) is 6.74. The fourth-order valence-corrected chi connectivity index (χ4v) is 3.77. The van der Waals surface area contributed by atoms with Crippen LogP contribution in [0.3, 0.4) is 0 Å². The normalized spacial score (nSPS) is 22.2. The Labute approximate surface area is 130 Å². The van der Waals surface area contributed by atoms with Gasteiger partial charge in [0.25, 0.3) is 0 Å². The van der Waals surface area contributed by atoms with Crippen molar-refractivity contribution in [1.29, 1.82) is 0 Å². The third-order valence-corrected chi connectivity index (χ3v) is 5.46. The number of aromatic nitrogens is 1. The van der Waals surface area contributed by atoms with Gasteiger partial charge >= 0.3 is 0 Å². The van der Waals surface area contributed by atoms with Gasteiger partial charge in [-0.15, -0.1) is 0 Å². The average Bonchev–Trinajstić information content (AvgIpc) is 2.55. The van der Waals surface area contributed by atoms with Crippen LogP contribution in [0.15, 0.2) is 30.5 Å². The summed E-state index contributed by atoms with van der Waals surface area (Å²) in [6.45, 7) is 0. The summed E-state index contributed by atoms with van der Waals surface area (Å²) in [7, 11) is 1.70. The molecular formula is C17H22N2OS. The number of benzene rings is 1. The van der Waals surface area contributed by atoms with Crippen LogP contribution in [0.2, 0.25) is 0 Å². The van der Waals surface area contributed by atoms with Gasteiger partial charge in [0.2, 0.25) is 0 Å². The Kier molecular flexibility index (Phi) is 4.54. The highest BCUT2D eigenvalue weighted by Crippen LogP contribution is 2.31. The van der Waals surface area contributed by atoms with Crippen LogP contribution in [0.5, 0.6) is 5.75 Å². The number of thioether (sulfide) groups is 1. The van der Waals surface area contributed by atoms with Gasteiger partial charge in [-0.2, -0.15) is 11.8 Å². The molecule has 112 valence electrons. The lowest BCUT2D eigenvalue weighted by molar-refractivity contribution is 0.415. The molecule has 1 aliphatic rings. The van der Waals surface area contributed by atoms with E-state index in [-0.39, 0.29) is 0 Å². The molecule has 0 aliphatic heterocycles. The van der Waals surface area contributed by atoms with E-state index >= 15 is 0 Å². The molecule has 0 atom stereocenters. The molecule has 1 aliphatic carbocycles. The minimum absolute atomic E-state index is 0.540. The Morgan fingerprint density at radius 2 is 2.00 bits per heavy atom. The first-order valence-electron chi connectivity index (χ1n) is 7.52. The highest BCUT2D eigenvalue weighted by atomic mass is 32.2. The third kappa shape index (κ3) is 3.26. The molecule has 4 heteroatoms. The summed E-state index contributed by atoms with van der Waals surface area (Å²) >= 11 is 2.00. The van der Waals surface area contributed by atoms with Crippen molar-refractivity contribution >= 4 is 28.4 Å². The second kappa shape index (κ2) is 6.56. The topological polar surface area (TPSA) is 34.1 Å². The molecule has 2 aromatic rings. The molecule has 3 nitrogen and oxygen atoms in total. The van der Waals surface area contributed by atoms with Crippen LogP contribution in [0.1, 0.15) is 25.7 Å². The van der Waals surface area contributed by atoms with Gasteiger partial charge < -0.3 is 10.1 Å². The quantitative estimate of drug-likeness (QED) is 0.911. The predicted molar refractivity (Wildman–Crippen MR) is 91.5 cm³/mol. The molecule has 1 aromatic carbocycles. The van der Waals surface area contributed by atoms with E-state index in [1.54, 1.807) is 7.11 Å². The van der Waals surface area contributed by atoms with E-state index in [4.69, 9.17) is 4.74 Å². The molecule has 1 aromatic heterocycles. The molecule has 0 saturated heterocycles. The summed E-state index contributed by atoms with van der Waals surface area (Å²) in [5.74, 6) is 1.86. The number of nitrogens with one attached hydrogen (secondary N) is 1. The molecule has 1 N–H and O–H groups in total. The van der Waals surface area contributed by atoms with Crippen molar-refractivity contribution < 1.29 is 4.74 Å². The molecule has 1 saturated carbocycles. The zero-order valence-electron chi connectivity index (χ0n) is 12.6. The van der Waals surface area contributed by atoms with Gasteiger partial charge in [0.15, 0.2) is 0 Å². The van der Waals surface area contributed by atoms with E-state index < -0.39 is 0 Å². The lowest BCUT2D eigenvalue weighted by Crippen LogP contribution is -2.27. The predicted octanol–water partition coefficient (Wildman–Crippen LogP) is 4.33. The van der Waals surface area contributed by atoms with Gasteiger partial charge in [0, 0.05) is 22.9 Å². The number of hydrogen-bond acceptors (Lipinski definition) is 4. The highest BCUT2D eigenvalue weighted by Gasteiger charge is 2.21. The first-order chi connectivity index (χ1) is 10.3. The zero-order chi connectivity index (χ0) is 14.7. The Bertz CT molecular complexity index is 609. The fourth-order valence-electron chi connectivity index (χ4n) is 3.03.